The van der Waals surface area contributed by atoms with E-state index < -0.39 is 29.7 Å². The quantitative estimate of drug-likeness (QED) is 0.114. The van der Waals surface area contributed by atoms with Crippen LogP contribution in [-0.4, -0.2) is 105 Å². The zero-order valence-electron chi connectivity index (χ0n) is 37.8. The molecule has 3 aliphatic heterocycles. The number of fused-ring (bicyclic) bond motifs is 2. The number of carbonyl (C=O) groups excluding carboxylic acids is 5. The minimum absolute atomic E-state index is 0.0201. The smallest absolute Gasteiger partial charge is 0.262 e. The van der Waals surface area contributed by atoms with Crippen LogP contribution in [-0.2, 0) is 9.59 Å². The van der Waals surface area contributed by atoms with Gasteiger partial charge in [0.2, 0.25) is 17.5 Å². The van der Waals surface area contributed by atoms with Crippen molar-refractivity contribution in [3.8, 4) is 11.5 Å². The Bertz CT molecular complexity index is 2590. The fraction of sp³-hybridized carbons (Fsp3) is 0.480. The second kappa shape index (κ2) is 16.9. The number of anilines is 1. The highest BCUT2D eigenvalue weighted by molar-refractivity contribution is 6.23. The third-order valence-corrected chi connectivity index (χ3v) is 14.5. The number of aromatic nitrogens is 2. The summed E-state index contributed by atoms with van der Waals surface area (Å²) >= 11 is 0. The number of nitrogens with zero attached hydrogens (tertiary/aromatic N) is 6. The van der Waals surface area contributed by atoms with Crippen LogP contribution in [0.5, 0.6) is 11.5 Å². The molecule has 1 unspecified atom stereocenters. The number of ether oxygens (including phenoxy) is 2. The molecule has 0 radical (unpaired) electrons. The molecule has 15 heteroatoms. The highest BCUT2D eigenvalue weighted by atomic mass is 16.5. The second-order valence-electron chi connectivity index (χ2n) is 19.8. The van der Waals surface area contributed by atoms with Crippen molar-refractivity contribution in [1.82, 2.24) is 30.4 Å². The lowest BCUT2D eigenvalue weighted by Gasteiger charge is -2.63. The molecule has 2 aromatic carbocycles. The third kappa shape index (κ3) is 7.96. The molecule has 2 saturated heterocycles. The Labute approximate surface area is 379 Å². The summed E-state index contributed by atoms with van der Waals surface area (Å²) in [5, 5.41) is 6.32. The molecule has 4 aromatic rings. The first kappa shape index (κ1) is 43.8. The van der Waals surface area contributed by atoms with Gasteiger partial charge in [-0.3, -0.25) is 44.1 Å². The summed E-state index contributed by atoms with van der Waals surface area (Å²) in [7, 11) is 0. The average molecular weight is 881 g/mol. The van der Waals surface area contributed by atoms with Gasteiger partial charge in [0.05, 0.1) is 28.8 Å². The number of hydrogen-bond donors (Lipinski definition) is 2. The summed E-state index contributed by atoms with van der Waals surface area (Å²) in [5.74, 6) is 0.308. The maximum Gasteiger partial charge on any atom is 0.262 e. The van der Waals surface area contributed by atoms with E-state index in [1.54, 1.807) is 36.7 Å². The summed E-state index contributed by atoms with van der Waals surface area (Å²) in [6.07, 6.45) is 7.08. The van der Waals surface area contributed by atoms with Crippen LogP contribution in [0.1, 0.15) is 111 Å². The average Bonchev–Trinajstić information content (AvgIpc) is 3.52. The molecule has 9 rings (SSSR count). The van der Waals surface area contributed by atoms with Crippen LogP contribution in [0, 0.1) is 23.3 Å². The van der Waals surface area contributed by atoms with Gasteiger partial charge in [-0.05, 0) is 87.6 Å². The topological polar surface area (TPSA) is 168 Å². The molecule has 338 valence electrons. The molecule has 2 N–H and O–H groups in total. The molecule has 4 fully saturated rings. The number of carbonyl (C=O) groups is 5. The second-order valence-corrected chi connectivity index (χ2v) is 19.8. The number of benzene rings is 2. The zero-order chi connectivity index (χ0) is 45.9. The van der Waals surface area contributed by atoms with Crippen LogP contribution in [0.25, 0.3) is 15.7 Å². The van der Waals surface area contributed by atoms with E-state index in [-0.39, 0.29) is 59.0 Å². The van der Waals surface area contributed by atoms with E-state index in [1.807, 2.05) is 30.3 Å². The third-order valence-electron chi connectivity index (χ3n) is 14.5. The van der Waals surface area contributed by atoms with Gasteiger partial charge in [0.15, 0.2) is 0 Å². The minimum Gasteiger partial charge on any atom is -0.490 e. The van der Waals surface area contributed by atoms with Gasteiger partial charge in [-0.15, -0.1) is 0 Å². The Morgan fingerprint density at radius 2 is 1.68 bits per heavy atom. The Balaban J connectivity index is 0.743. The fourth-order valence-corrected chi connectivity index (χ4v) is 11.2. The van der Waals surface area contributed by atoms with Crippen LogP contribution < -0.4 is 25.0 Å². The van der Waals surface area contributed by atoms with Gasteiger partial charge in [-0.25, -0.2) is 9.83 Å². The Kier molecular flexibility index (Phi) is 11.4. The number of rotatable bonds is 12. The monoisotopic (exact) mass is 880 g/mol. The predicted octanol–water partition coefficient (Wildman–Crippen LogP) is 6.73. The highest BCUT2D eigenvalue weighted by Crippen LogP contribution is 2.56. The van der Waals surface area contributed by atoms with Crippen LogP contribution in [0.15, 0.2) is 67.0 Å². The van der Waals surface area contributed by atoms with E-state index in [0.29, 0.717) is 46.3 Å². The lowest BCUT2D eigenvalue weighted by atomic mass is 9.49. The summed E-state index contributed by atoms with van der Waals surface area (Å²) in [6.45, 7) is 23.2. The van der Waals surface area contributed by atoms with Gasteiger partial charge in [-0.1, -0.05) is 33.8 Å². The Hall–Kier alpha value is -6.40. The summed E-state index contributed by atoms with van der Waals surface area (Å²) in [4.78, 5) is 82.9. The number of hydrogen-bond acceptors (Lipinski definition) is 11. The van der Waals surface area contributed by atoms with Crippen molar-refractivity contribution in [2.24, 2.45) is 16.7 Å². The highest BCUT2D eigenvalue weighted by Gasteiger charge is 2.64. The van der Waals surface area contributed by atoms with Gasteiger partial charge in [0, 0.05) is 85.6 Å². The molecule has 65 heavy (non-hydrogen) atoms. The van der Waals surface area contributed by atoms with E-state index in [9.17, 15) is 24.0 Å². The Morgan fingerprint density at radius 1 is 0.938 bits per heavy atom. The first-order valence-corrected chi connectivity index (χ1v) is 22.8. The van der Waals surface area contributed by atoms with Crippen molar-refractivity contribution in [1.29, 1.82) is 0 Å². The molecular formula is C50H56N8O7. The van der Waals surface area contributed by atoms with Crippen molar-refractivity contribution in [3.05, 3.63) is 95.1 Å². The van der Waals surface area contributed by atoms with Crippen LogP contribution in [0.4, 0.5) is 11.5 Å². The van der Waals surface area contributed by atoms with E-state index >= 15 is 0 Å². The molecular weight excluding hydrogens is 825 g/mol. The van der Waals surface area contributed by atoms with E-state index in [2.05, 4.69) is 71.8 Å². The molecule has 0 bridgehead atoms. The number of nitrogens with one attached hydrogen (secondary N) is 2. The van der Waals surface area contributed by atoms with Crippen LogP contribution in [0.2, 0.25) is 0 Å². The molecule has 2 saturated carbocycles. The maximum atomic E-state index is 13.7. The molecule has 2 aromatic heterocycles. The summed E-state index contributed by atoms with van der Waals surface area (Å²) in [5.41, 5.74) is 1.30. The minimum atomic E-state index is -1.01. The van der Waals surface area contributed by atoms with Gasteiger partial charge in [-0.2, -0.15) is 0 Å². The molecule has 15 nitrogen and oxygen atoms in total. The number of piperidine rings is 2. The fourth-order valence-electron chi connectivity index (χ4n) is 11.2. The van der Waals surface area contributed by atoms with Crippen molar-refractivity contribution in [3.63, 3.8) is 0 Å². The van der Waals surface area contributed by atoms with Crippen molar-refractivity contribution in [2.45, 2.75) is 116 Å². The molecule has 5 amide bonds. The van der Waals surface area contributed by atoms with Gasteiger partial charge in [0.1, 0.15) is 35.6 Å². The lowest BCUT2D eigenvalue weighted by molar-refractivity contribution is -0.163. The van der Waals surface area contributed by atoms with Gasteiger partial charge >= 0.3 is 0 Å². The van der Waals surface area contributed by atoms with Gasteiger partial charge < -0.3 is 19.7 Å². The molecule has 1 atom stereocenters. The van der Waals surface area contributed by atoms with Crippen molar-refractivity contribution >= 4 is 51.9 Å². The molecule has 5 aliphatic rings. The van der Waals surface area contributed by atoms with Crippen molar-refractivity contribution in [2.75, 3.05) is 24.5 Å². The van der Waals surface area contributed by atoms with Gasteiger partial charge in [0.25, 0.3) is 17.7 Å². The van der Waals surface area contributed by atoms with Crippen LogP contribution in [0.3, 0.4) is 0 Å². The number of pyridine rings is 2. The largest absolute Gasteiger partial charge is 0.490 e. The lowest BCUT2D eigenvalue weighted by Crippen LogP contribution is -2.74. The first-order valence-electron chi connectivity index (χ1n) is 22.8. The molecule has 2 aliphatic carbocycles. The van der Waals surface area contributed by atoms with Crippen LogP contribution >= 0.6 is 0 Å². The molecule has 5 heterocycles. The summed E-state index contributed by atoms with van der Waals surface area (Å²) in [6, 6.07) is 15.6. The predicted molar refractivity (Wildman–Crippen MR) is 243 cm³/mol. The number of amides is 5. The number of imide groups is 2. The first-order chi connectivity index (χ1) is 31.0. The standard InChI is InChI=1S/C50H56N8O7/c1-28(2)57(31-23-33(24-31)64-32-11-12-34-36(25-32)46(63)58(45(34)62)38-14-17-41(59)54-44(38)61)27-29-18-21-56(22-19-29)40-16-10-30(26-53-40)43(60)55-47-49(3,4)48(50(47,5)6)65-39-15-13-37(51-7)42-35(39)9-8-20-52-42/h8-13,15-16,20,25-26,28-29,31,33,38,47-48H,14,17-19,21-24,27H2,1-6H3,(H,55,60)(H,54,59,61). The Morgan fingerprint density at radius 3 is 2.35 bits per heavy atom. The van der Waals surface area contributed by atoms with E-state index in [1.165, 1.54) is 0 Å². The maximum absolute atomic E-state index is 13.7. The SMILES string of the molecule is [C-]#[N+]c1ccc(OC2C(C)(C)C(NC(=O)c3ccc(N4CCC(CN(C(C)C)C5CC(Oc6ccc7c(c6)C(=O)N(C6CCC(=O)NC6=O)C7=O)C5)CC4)nc3)C2(C)C)c2cccnc12. The molecule has 0 spiro atoms. The van der Waals surface area contributed by atoms with E-state index in [4.69, 9.17) is 21.0 Å². The zero-order valence-corrected chi connectivity index (χ0v) is 37.8. The van der Waals surface area contributed by atoms with Crippen molar-refractivity contribution < 1.29 is 33.4 Å². The normalized spacial score (nSPS) is 24.9. The van der Waals surface area contributed by atoms with E-state index in [0.717, 1.165) is 61.4 Å². The summed E-state index contributed by atoms with van der Waals surface area (Å²) < 4.78 is 13.0.